The number of hydrogen-bond acceptors (Lipinski definition) is 3. The third-order valence-corrected chi connectivity index (χ3v) is 3.33. The van der Waals surface area contributed by atoms with Crippen LogP contribution in [0.3, 0.4) is 0 Å². The summed E-state index contributed by atoms with van der Waals surface area (Å²) in [5.74, 6) is -0.745. The SMILES string of the molecule is NC(CC(=O)O)c1ccc2c(c1O)CCCC2. The van der Waals surface area contributed by atoms with Crippen molar-refractivity contribution < 1.29 is 15.0 Å². The van der Waals surface area contributed by atoms with Crippen LogP contribution in [0.15, 0.2) is 12.1 Å². The van der Waals surface area contributed by atoms with Crippen molar-refractivity contribution >= 4 is 5.97 Å². The lowest BCUT2D eigenvalue weighted by Crippen LogP contribution is -2.16. The standard InChI is InChI=1S/C13H17NO3/c14-11(7-12(15)16)10-6-5-8-3-1-2-4-9(8)13(10)17/h5-6,11,17H,1-4,7,14H2,(H,15,16). The van der Waals surface area contributed by atoms with E-state index in [1.807, 2.05) is 6.07 Å². The first-order valence-electron chi connectivity index (χ1n) is 5.90. The molecule has 0 bridgehead atoms. The number of fused-ring (bicyclic) bond motifs is 1. The highest BCUT2D eigenvalue weighted by atomic mass is 16.4. The van der Waals surface area contributed by atoms with Crippen molar-refractivity contribution in [2.45, 2.75) is 38.1 Å². The first-order chi connectivity index (χ1) is 8.09. The zero-order chi connectivity index (χ0) is 12.4. The van der Waals surface area contributed by atoms with E-state index in [-0.39, 0.29) is 12.2 Å². The monoisotopic (exact) mass is 235 g/mol. The molecule has 4 nitrogen and oxygen atoms in total. The molecule has 17 heavy (non-hydrogen) atoms. The number of hydrogen-bond donors (Lipinski definition) is 3. The molecule has 0 heterocycles. The summed E-state index contributed by atoms with van der Waals surface area (Å²) in [5, 5.41) is 18.9. The maximum Gasteiger partial charge on any atom is 0.305 e. The van der Waals surface area contributed by atoms with Gasteiger partial charge in [0.1, 0.15) is 5.75 Å². The topological polar surface area (TPSA) is 83.6 Å². The predicted octanol–water partition coefficient (Wildman–Crippen LogP) is 1.75. The predicted molar refractivity (Wildman–Crippen MR) is 63.9 cm³/mol. The van der Waals surface area contributed by atoms with Gasteiger partial charge in [0.05, 0.1) is 6.42 Å². The highest BCUT2D eigenvalue weighted by Crippen LogP contribution is 2.34. The number of carboxylic acids is 1. The minimum atomic E-state index is -0.949. The molecular formula is C13H17NO3. The van der Waals surface area contributed by atoms with Crippen molar-refractivity contribution in [1.29, 1.82) is 0 Å². The molecule has 1 unspecified atom stereocenters. The Hall–Kier alpha value is -1.55. The second-order valence-corrected chi connectivity index (χ2v) is 4.55. The summed E-state index contributed by atoms with van der Waals surface area (Å²) >= 11 is 0. The normalized spacial score (nSPS) is 16.3. The Morgan fingerprint density at radius 3 is 2.76 bits per heavy atom. The van der Waals surface area contributed by atoms with Crippen LogP contribution in [-0.2, 0) is 17.6 Å². The zero-order valence-corrected chi connectivity index (χ0v) is 9.65. The quantitative estimate of drug-likeness (QED) is 0.745. The Morgan fingerprint density at radius 1 is 1.35 bits per heavy atom. The molecule has 0 fully saturated rings. The van der Waals surface area contributed by atoms with E-state index in [9.17, 15) is 9.90 Å². The summed E-state index contributed by atoms with van der Waals surface area (Å²) in [5.41, 5.74) is 8.46. The fourth-order valence-electron chi connectivity index (χ4n) is 2.42. The van der Waals surface area contributed by atoms with Crippen LogP contribution >= 0.6 is 0 Å². The number of benzene rings is 1. The Balaban J connectivity index is 2.32. The smallest absolute Gasteiger partial charge is 0.305 e. The van der Waals surface area contributed by atoms with E-state index < -0.39 is 12.0 Å². The van der Waals surface area contributed by atoms with Crippen LogP contribution in [0, 0.1) is 0 Å². The van der Waals surface area contributed by atoms with E-state index in [1.54, 1.807) is 6.07 Å². The van der Waals surface area contributed by atoms with Crippen molar-refractivity contribution in [3.63, 3.8) is 0 Å². The van der Waals surface area contributed by atoms with Crippen LogP contribution in [0.1, 0.15) is 42.0 Å². The molecule has 2 rings (SSSR count). The fourth-order valence-corrected chi connectivity index (χ4v) is 2.42. The molecule has 1 aromatic rings. The van der Waals surface area contributed by atoms with Gasteiger partial charge in [0, 0.05) is 11.6 Å². The summed E-state index contributed by atoms with van der Waals surface area (Å²) in [6, 6.07) is 3.08. The number of rotatable bonds is 3. The number of phenols is 1. The Bertz CT molecular complexity index is 443. The minimum absolute atomic E-state index is 0.160. The second-order valence-electron chi connectivity index (χ2n) is 4.55. The molecule has 1 aliphatic rings. The lowest BCUT2D eigenvalue weighted by atomic mass is 9.87. The first kappa shape index (κ1) is 11.9. The molecule has 92 valence electrons. The van der Waals surface area contributed by atoms with Gasteiger partial charge in [0.15, 0.2) is 0 Å². The number of aryl methyl sites for hydroxylation is 1. The fraction of sp³-hybridized carbons (Fsp3) is 0.462. The number of aliphatic carboxylic acids is 1. The van der Waals surface area contributed by atoms with Gasteiger partial charge in [0.25, 0.3) is 0 Å². The Morgan fingerprint density at radius 2 is 2.06 bits per heavy atom. The van der Waals surface area contributed by atoms with Crippen LogP contribution in [0.5, 0.6) is 5.75 Å². The highest BCUT2D eigenvalue weighted by molar-refractivity contribution is 5.68. The second kappa shape index (κ2) is 4.75. The Labute approximate surface area is 100 Å². The lowest BCUT2D eigenvalue weighted by molar-refractivity contribution is -0.137. The van der Waals surface area contributed by atoms with Crippen LogP contribution in [-0.4, -0.2) is 16.2 Å². The lowest BCUT2D eigenvalue weighted by Gasteiger charge is -2.21. The van der Waals surface area contributed by atoms with Gasteiger partial charge in [0.2, 0.25) is 0 Å². The molecule has 0 saturated heterocycles. The zero-order valence-electron chi connectivity index (χ0n) is 9.65. The van der Waals surface area contributed by atoms with Crippen LogP contribution < -0.4 is 5.73 Å². The average Bonchev–Trinajstić information content (AvgIpc) is 2.28. The Kier molecular flexibility index (Phi) is 3.33. The van der Waals surface area contributed by atoms with E-state index in [0.29, 0.717) is 5.56 Å². The van der Waals surface area contributed by atoms with E-state index >= 15 is 0 Å². The van der Waals surface area contributed by atoms with Gasteiger partial charge in [-0.05, 0) is 36.8 Å². The molecule has 0 radical (unpaired) electrons. The van der Waals surface area contributed by atoms with Crippen molar-refractivity contribution in [3.8, 4) is 5.75 Å². The maximum absolute atomic E-state index is 10.6. The first-order valence-corrected chi connectivity index (χ1v) is 5.90. The molecule has 0 aliphatic heterocycles. The maximum atomic E-state index is 10.6. The van der Waals surface area contributed by atoms with E-state index in [0.717, 1.165) is 31.2 Å². The number of carbonyl (C=O) groups is 1. The van der Waals surface area contributed by atoms with Gasteiger partial charge in [-0.3, -0.25) is 4.79 Å². The summed E-state index contributed by atoms with van der Waals surface area (Å²) in [6.07, 6.45) is 3.89. The third-order valence-electron chi connectivity index (χ3n) is 3.33. The van der Waals surface area contributed by atoms with Gasteiger partial charge in [-0.2, -0.15) is 0 Å². The number of phenolic OH excluding ortho intramolecular Hbond substituents is 1. The van der Waals surface area contributed by atoms with Gasteiger partial charge in [-0.1, -0.05) is 12.1 Å². The largest absolute Gasteiger partial charge is 0.507 e. The summed E-state index contributed by atoms with van der Waals surface area (Å²) in [4.78, 5) is 10.6. The van der Waals surface area contributed by atoms with Crippen molar-refractivity contribution in [2.24, 2.45) is 5.73 Å². The molecule has 0 spiro atoms. The summed E-state index contributed by atoms with van der Waals surface area (Å²) in [7, 11) is 0. The number of aromatic hydroxyl groups is 1. The van der Waals surface area contributed by atoms with Gasteiger partial charge in [-0.25, -0.2) is 0 Å². The molecule has 1 aromatic carbocycles. The molecule has 4 N–H and O–H groups in total. The minimum Gasteiger partial charge on any atom is -0.507 e. The van der Waals surface area contributed by atoms with E-state index in [4.69, 9.17) is 10.8 Å². The number of carboxylic acid groups (broad SMARTS) is 1. The molecule has 0 amide bonds. The van der Waals surface area contributed by atoms with Crippen LogP contribution in [0.25, 0.3) is 0 Å². The molecule has 0 aromatic heterocycles. The van der Waals surface area contributed by atoms with Crippen molar-refractivity contribution in [3.05, 3.63) is 28.8 Å². The molecular weight excluding hydrogens is 218 g/mol. The summed E-state index contributed by atoms with van der Waals surface area (Å²) in [6.45, 7) is 0. The van der Waals surface area contributed by atoms with Crippen molar-refractivity contribution in [2.75, 3.05) is 0 Å². The van der Waals surface area contributed by atoms with Crippen LogP contribution in [0.2, 0.25) is 0 Å². The number of nitrogens with two attached hydrogens (primary N) is 1. The highest BCUT2D eigenvalue weighted by Gasteiger charge is 2.20. The average molecular weight is 235 g/mol. The molecule has 0 saturated carbocycles. The van der Waals surface area contributed by atoms with E-state index in [2.05, 4.69) is 0 Å². The molecule has 4 heteroatoms. The molecule has 1 aliphatic carbocycles. The van der Waals surface area contributed by atoms with Gasteiger partial charge < -0.3 is 15.9 Å². The van der Waals surface area contributed by atoms with E-state index in [1.165, 1.54) is 5.56 Å². The summed E-state index contributed by atoms with van der Waals surface area (Å²) < 4.78 is 0. The van der Waals surface area contributed by atoms with Gasteiger partial charge >= 0.3 is 5.97 Å². The van der Waals surface area contributed by atoms with Crippen molar-refractivity contribution in [1.82, 2.24) is 0 Å². The van der Waals surface area contributed by atoms with Gasteiger partial charge in [-0.15, -0.1) is 0 Å². The van der Waals surface area contributed by atoms with Crippen LogP contribution in [0.4, 0.5) is 0 Å². The molecule has 1 atom stereocenters. The third kappa shape index (κ3) is 2.42.